The lowest BCUT2D eigenvalue weighted by molar-refractivity contribution is 0.385. The summed E-state index contributed by atoms with van der Waals surface area (Å²) >= 11 is 0. The molecule has 22 heavy (non-hydrogen) atoms. The molecule has 7 heteroatoms. The van der Waals surface area contributed by atoms with Crippen LogP contribution in [0.25, 0.3) is 11.0 Å². The summed E-state index contributed by atoms with van der Waals surface area (Å²) in [5.74, 6) is -0.739. The van der Waals surface area contributed by atoms with Gasteiger partial charge in [0.05, 0.1) is 12.0 Å². The zero-order valence-corrected chi connectivity index (χ0v) is 12.8. The zero-order chi connectivity index (χ0) is 15.9. The molecule has 0 aliphatic rings. The molecule has 3 rings (SSSR count). The summed E-state index contributed by atoms with van der Waals surface area (Å²) in [5, 5.41) is 0.720. The van der Waals surface area contributed by atoms with Gasteiger partial charge >= 0.3 is 0 Å². The number of fused-ring (bicyclic) bond motifs is 1. The van der Waals surface area contributed by atoms with Crippen LogP contribution in [0.3, 0.4) is 0 Å². The standard InChI is InChI=1S/C15H13FN2O3S/c1-10-8-11-4-3-7-17-15(11)18(10)22(19,20)12-5-6-13(16)14(9-12)21-2/h3-9H,1-2H3. The Morgan fingerprint density at radius 2 is 2.00 bits per heavy atom. The van der Waals surface area contributed by atoms with Crippen LogP contribution < -0.4 is 4.74 Å². The molecule has 2 aromatic heterocycles. The van der Waals surface area contributed by atoms with Crippen LogP contribution >= 0.6 is 0 Å². The Balaban J connectivity index is 2.27. The molecule has 5 nitrogen and oxygen atoms in total. The first-order valence-electron chi connectivity index (χ1n) is 6.47. The number of ether oxygens (including phenoxy) is 1. The minimum absolute atomic E-state index is 0.0583. The third-order valence-corrected chi connectivity index (χ3v) is 5.15. The summed E-state index contributed by atoms with van der Waals surface area (Å²) < 4.78 is 45.2. The van der Waals surface area contributed by atoms with Gasteiger partial charge in [0.1, 0.15) is 0 Å². The number of halogens is 1. The van der Waals surface area contributed by atoms with Crippen LogP contribution in [0.1, 0.15) is 5.69 Å². The molecule has 114 valence electrons. The second kappa shape index (κ2) is 5.10. The van der Waals surface area contributed by atoms with Gasteiger partial charge in [-0.1, -0.05) is 0 Å². The van der Waals surface area contributed by atoms with Gasteiger partial charge in [-0.25, -0.2) is 21.8 Å². The van der Waals surface area contributed by atoms with Crippen LogP contribution in [-0.2, 0) is 10.0 Å². The SMILES string of the molecule is COc1cc(S(=O)(=O)n2c(C)cc3cccnc32)ccc1F. The molecule has 0 aliphatic carbocycles. The van der Waals surface area contributed by atoms with E-state index in [0.29, 0.717) is 11.3 Å². The Morgan fingerprint density at radius 3 is 2.73 bits per heavy atom. The number of aromatic nitrogens is 2. The van der Waals surface area contributed by atoms with Crippen molar-refractivity contribution in [2.75, 3.05) is 7.11 Å². The van der Waals surface area contributed by atoms with Crippen LogP contribution in [0.5, 0.6) is 5.75 Å². The lowest BCUT2D eigenvalue weighted by Gasteiger charge is -2.10. The maximum absolute atomic E-state index is 13.5. The summed E-state index contributed by atoms with van der Waals surface area (Å²) in [6.07, 6.45) is 1.53. The van der Waals surface area contributed by atoms with Crippen molar-refractivity contribution in [1.82, 2.24) is 8.96 Å². The lowest BCUT2D eigenvalue weighted by atomic mass is 10.3. The van der Waals surface area contributed by atoms with Crippen LogP contribution in [0, 0.1) is 12.7 Å². The van der Waals surface area contributed by atoms with E-state index in [0.717, 1.165) is 15.4 Å². The first kappa shape index (κ1) is 14.5. The molecule has 3 aromatic rings. The molecule has 0 spiro atoms. The number of pyridine rings is 1. The second-order valence-corrected chi connectivity index (χ2v) is 6.55. The molecule has 0 fully saturated rings. The molecule has 2 heterocycles. The van der Waals surface area contributed by atoms with Crippen molar-refractivity contribution in [2.24, 2.45) is 0 Å². The van der Waals surface area contributed by atoms with Crippen molar-refractivity contribution in [3.05, 3.63) is 54.1 Å². The van der Waals surface area contributed by atoms with Gasteiger partial charge in [-0.05, 0) is 37.3 Å². The highest BCUT2D eigenvalue weighted by Gasteiger charge is 2.23. The molecule has 0 amide bonds. The van der Waals surface area contributed by atoms with Crippen LogP contribution in [0.15, 0.2) is 47.5 Å². The van der Waals surface area contributed by atoms with E-state index in [1.165, 1.54) is 25.4 Å². The van der Waals surface area contributed by atoms with Gasteiger partial charge in [-0.15, -0.1) is 0 Å². The highest BCUT2D eigenvalue weighted by molar-refractivity contribution is 7.90. The molecule has 0 unspecified atom stereocenters. The van der Waals surface area contributed by atoms with E-state index in [1.807, 2.05) is 0 Å². The number of rotatable bonds is 3. The summed E-state index contributed by atoms with van der Waals surface area (Å²) in [4.78, 5) is 4.07. The minimum Gasteiger partial charge on any atom is -0.494 e. The molecule has 1 aromatic carbocycles. The minimum atomic E-state index is -3.89. The van der Waals surface area contributed by atoms with Crippen molar-refractivity contribution in [1.29, 1.82) is 0 Å². The predicted octanol–water partition coefficient (Wildman–Crippen LogP) is 2.73. The lowest BCUT2D eigenvalue weighted by Crippen LogP contribution is -2.15. The Hall–Kier alpha value is -2.41. The first-order valence-corrected chi connectivity index (χ1v) is 7.91. The summed E-state index contributed by atoms with van der Waals surface area (Å²) in [6, 6.07) is 8.70. The van der Waals surface area contributed by atoms with Crippen LogP contribution in [-0.4, -0.2) is 24.5 Å². The number of aryl methyl sites for hydroxylation is 1. The van der Waals surface area contributed by atoms with E-state index in [4.69, 9.17) is 4.74 Å². The van der Waals surface area contributed by atoms with Crippen LogP contribution in [0.4, 0.5) is 4.39 Å². The average Bonchev–Trinajstić information content (AvgIpc) is 2.83. The summed E-state index contributed by atoms with van der Waals surface area (Å²) in [5.41, 5.74) is 0.861. The molecule has 0 bridgehead atoms. The van der Waals surface area contributed by atoms with Crippen molar-refractivity contribution in [3.8, 4) is 5.75 Å². The summed E-state index contributed by atoms with van der Waals surface area (Å²) in [6.45, 7) is 1.68. The molecule has 0 saturated carbocycles. The van der Waals surface area contributed by atoms with Crippen molar-refractivity contribution >= 4 is 21.1 Å². The largest absolute Gasteiger partial charge is 0.494 e. The number of methoxy groups -OCH3 is 1. The molecular weight excluding hydrogens is 307 g/mol. The van der Waals surface area contributed by atoms with Crippen molar-refractivity contribution in [2.45, 2.75) is 11.8 Å². The van der Waals surface area contributed by atoms with Gasteiger partial charge in [-0.3, -0.25) is 0 Å². The monoisotopic (exact) mass is 320 g/mol. The molecule has 0 aliphatic heterocycles. The van der Waals surface area contributed by atoms with Gasteiger partial charge < -0.3 is 4.74 Å². The smallest absolute Gasteiger partial charge is 0.269 e. The maximum Gasteiger partial charge on any atom is 0.269 e. The fourth-order valence-electron chi connectivity index (χ4n) is 2.35. The van der Waals surface area contributed by atoms with E-state index in [1.54, 1.807) is 25.1 Å². The Kier molecular flexibility index (Phi) is 3.37. The van der Waals surface area contributed by atoms with Crippen molar-refractivity contribution in [3.63, 3.8) is 0 Å². The molecule has 0 atom stereocenters. The Labute approximate surface area is 127 Å². The Bertz CT molecular complexity index is 964. The molecule has 0 N–H and O–H groups in total. The van der Waals surface area contributed by atoms with Gasteiger partial charge in [0, 0.05) is 23.3 Å². The fourth-order valence-corrected chi connectivity index (χ4v) is 3.87. The first-order chi connectivity index (χ1) is 10.4. The van der Waals surface area contributed by atoms with Gasteiger partial charge in [0.15, 0.2) is 17.2 Å². The van der Waals surface area contributed by atoms with Gasteiger partial charge in [-0.2, -0.15) is 0 Å². The third-order valence-electron chi connectivity index (χ3n) is 3.35. The topological polar surface area (TPSA) is 61.2 Å². The Morgan fingerprint density at radius 1 is 1.23 bits per heavy atom. The van der Waals surface area contributed by atoms with E-state index < -0.39 is 15.8 Å². The van der Waals surface area contributed by atoms with E-state index in [2.05, 4.69) is 4.98 Å². The van der Waals surface area contributed by atoms with Gasteiger partial charge in [0.2, 0.25) is 0 Å². The second-order valence-electron chi connectivity index (χ2n) is 4.77. The third kappa shape index (κ3) is 2.14. The van der Waals surface area contributed by atoms with E-state index in [-0.39, 0.29) is 10.6 Å². The van der Waals surface area contributed by atoms with Crippen molar-refractivity contribution < 1.29 is 17.5 Å². The highest BCUT2D eigenvalue weighted by Crippen LogP contribution is 2.27. The normalized spacial score (nSPS) is 11.8. The number of benzene rings is 1. The summed E-state index contributed by atoms with van der Waals surface area (Å²) in [7, 11) is -2.61. The predicted molar refractivity (Wildman–Crippen MR) is 80.0 cm³/mol. The number of nitrogens with zero attached hydrogens (tertiary/aromatic N) is 2. The van der Waals surface area contributed by atoms with Crippen LogP contribution in [0.2, 0.25) is 0 Å². The molecular formula is C15H13FN2O3S. The van der Waals surface area contributed by atoms with E-state index in [9.17, 15) is 12.8 Å². The number of hydrogen-bond donors (Lipinski definition) is 0. The number of hydrogen-bond acceptors (Lipinski definition) is 4. The fraction of sp³-hybridized carbons (Fsp3) is 0.133. The quantitative estimate of drug-likeness (QED) is 0.744. The zero-order valence-electron chi connectivity index (χ0n) is 11.9. The molecule has 0 saturated heterocycles. The van der Waals surface area contributed by atoms with E-state index >= 15 is 0 Å². The highest BCUT2D eigenvalue weighted by atomic mass is 32.2. The van der Waals surface area contributed by atoms with Gasteiger partial charge in [0.25, 0.3) is 10.0 Å². The molecule has 0 radical (unpaired) electrons. The maximum atomic E-state index is 13.5. The average molecular weight is 320 g/mol.